The van der Waals surface area contributed by atoms with Gasteiger partial charge in [-0.05, 0) is 43.5 Å². The summed E-state index contributed by atoms with van der Waals surface area (Å²) >= 11 is 0. The van der Waals surface area contributed by atoms with E-state index in [0.29, 0.717) is 38.2 Å². The molecule has 0 saturated carbocycles. The minimum atomic E-state index is -0.913. The first-order chi connectivity index (χ1) is 13.9. The molecule has 0 aliphatic carbocycles. The Hall–Kier alpha value is -2.88. The van der Waals surface area contributed by atoms with Crippen LogP contribution in [-0.4, -0.2) is 51.4 Å². The topological polar surface area (TPSA) is 106 Å². The molecule has 2 aliphatic heterocycles. The van der Waals surface area contributed by atoms with Gasteiger partial charge >= 0.3 is 0 Å². The van der Waals surface area contributed by atoms with Crippen molar-refractivity contribution in [2.24, 2.45) is 11.1 Å². The molecular formula is C19H21F2N5O3. The number of carbonyl (C=O) groups excluding carboxylic acids is 2. The Morgan fingerprint density at radius 1 is 1.21 bits per heavy atom. The van der Waals surface area contributed by atoms with E-state index in [1.54, 1.807) is 4.90 Å². The van der Waals surface area contributed by atoms with Crippen LogP contribution in [0.3, 0.4) is 0 Å². The Bertz CT molecular complexity index is 950. The van der Waals surface area contributed by atoms with Gasteiger partial charge in [0.1, 0.15) is 0 Å². The quantitative estimate of drug-likeness (QED) is 0.807. The average molecular weight is 405 g/mol. The van der Waals surface area contributed by atoms with Crippen molar-refractivity contribution in [2.45, 2.75) is 32.4 Å². The van der Waals surface area contributed by atoms with Crippen LogP contribution in [0.1, 0.15) is 41.3 Å². The molecule has 4 rings (SSSR count). The maximum absolute atomic E-state index is 13.5. The van der Waals surface area contributed by atoms with E-state index in [1.807, 2.05) is 4.90 Å². The zero-order valence-corrected chi connectivity index (χ0v) is 15.7. The van der Waals surface area contributed by atoms with Gasteiger partial charge < -0.3 is 15.2 Å². The zero-order valence-electron chi connectivity index (χ0n) is 15.7. The number of nitrogens with two attached hydrogens (primary N) is 1. The van der Waals surface area contributed by atoms with E-state index < -0.39 is 23.0 Å². The number of piperidine rings is 1. The Kier molecular flexibility index (Phi) is 5.03. The van der Waals surface area contributed by atoms with Gasteiger partial charge in [-0.15, -0.1) is 0 Å². The van der Waals surface area contributed by atoms with Crippen molar-refractivity contribution in [1.82, 2.24) is 19.9 Å². The minimum absolute atomic E-state index is 0.0272. The van der Waals surface area contributed by atoms with Gasteiger partial charge in [-0.3, -0.25) is 14.5 Å². The highest BCUT2D eigenvalue weighted by molar-refractivity contribution is 5.88. The zero-order chi connectivity index (χ0) is 20.6. The first-order valence-electron chi connectivity index (χ1n) is 9.44. The molecule has 2 amide bonds. The number of benzene rings is 1. The van der Waals surface area contributed by atoms with Crippen molar-refractivity contribution in [1.29, 1.82) is 0 Å². The molecule has 154 valence electrons. The van der Waals surface area contributed by atoms with Crippen LogP contribution in [0.2, 0.25) is 0 Å². The van der Waals surface area contributed by atoms with Crippen molar-refractivity contribution in [3.8, 4) is 0 Å². The van der Waals surface area contributed by atoms with E-state index in [9.17, 15) is 18.4 Å². The lowest BCUT2D eigenvalue weighted by Gasteiger charge is -2.39. The van der Waals surface area contributed by atoms with Crippen LogP contribution < -0.4 is 5.73 Å². The van der Waals surface area contributed by atoms with E-state index in [0.717, 1.165) is 25.0 Å². The lowest BCUT2D eigenvalue weighted by Crippen LogP contribution is -2.49. The van der Waals surface area contributed by atoms with Crippen molar-refractivity contribution in [3.63, 3.8) is 0 Å². The third-order valence-electron chi connectivity index (χ3n) is 5.66. The molecule has 29 heavy (non-hydrogen) atoms. The molecule has 2 aliphatic rings. The average Bonchev–Trinajstić information content (AvgIpc) is 3.31. The van der Waals surface area contributed by atoms with Crippen LogP contribution in [-0.2, 0) is 17.9 Å². The SMILES string of the molecule is NC(=O)c1noc(CN2CC[C@@]3(CCCN(Cc4ccc(F)c(F)c4)C3=O)C2)n1. The second-order valence-corrected chi connectivity index (χ2v) is 7.70. The summed E-state index contributed by atoms with van der Waals surface area (Å²) in [6, 6.07) is 3.72. The summed E-state index contributed by atoms with van der Waals surface area (Å²) in [6.07, 6.45) is 2.31. The van der Waals surface area contributed by atoms with Gasteiger partial charge in [0.15, 0.2) is 11.6 Å². The molecular weight excluding hydrogens is 384 g/mol. The minimum Gasteiger partial charge on any atom is -0.363 e. The van der Waals surface area contributed by atoms with E-state index >= 15 is 0 Å². The van der Waals surface area contributed by atoms with Crippen LogP contribution in [0.5, 0.6) is 0 Å². The van der Waals surface area contributed by atoms with Gasteiger partial charge in [0, 0.05) is 19.6 Å². The molecule has 1 aromatic carbocycles. The summed E-state index contributed by atoms with van der Waals surface area (Å²) in [5, 5.41) is 3.53. The van der Waals surface area contributed by atoms with Gasteiger partial charge in [0.2, 0.25) is 11.8 Å². The summed E-state index contributed by atoms with van der Waals surface area (Å²) in [7, 11) is 0. The molecule has 1 atom stereocenters. The van der Waals surface area contributed by atoms with E-state index in [1.165, 1.54) is 6.07 Å². The highest BCUT2D eigenvalue weighted by Gasteiger charge is 2.48. The summed E-state index contributed by atoms with van der Waals surface area (Å²) in [6.45, 7) is 2.39. The van der Waals surface area contributed by atoms with Crippen molar-refractivity contribution in [3.05, 3.63) is 47.1 Å². The number of nitrogens with zero attached hydrogens (tertiary/aromatic N) is 4. The van der Waals surface area contributed by atoms with Gasteiger partial charge in [0.05, 0.1) is 12.0 Å². The van der Waals surface area contributed by atoms with Gasteiger partial charge in [0.25, 0.3) is 11.7 Å². The molecule has 1 spiro atoms. The fourth-order valence-corrected chi connectivity index (χ4v) is 4.24. The van der Waals surface area contributed by atoms with Crippen LogP contribution in [0.25, 0.3) is 0 Å². The van der Waals surface area contributed by atoms with Crippen LogP contribution >= 0.6 is 0 Å². The second-order valence-electron chi connectivity index (χ2n) is 7.70. The summed E-state index contributed by atoms with van der Waals surface area (Å²) < 4.78 is 31.7. The Morgan fingerprint density at radius 2 is 2.03 bits per heavy atom. The van der Waals surface area contributed by atoms with Crippen LogP contribution in [0.4, 0.5) is 8.78 Å². The number of amides is 2. The lowest BCUT2D eigenvalue weighted by atomic mass is 9.78. The van der Waals surface area contributed by atoms with Gasteiger partial charge in [-0.25, -0.2) is 8.78 Å². The smallest absolute Gasteiger partial charge is 0.290 e. The first-order valence-corrected chi connectivity index (χ1v) is 9.44. The highest BCUT2D eigenvalue weighted by atomic mass is 19.2. The van der Waals surface area contributed by atoms with E-state index in [4.69, 9.17) is 10.3 Å². The normalized spacial score (nSPS) is 22.6. The van der Waals surface area contributed by atoms with Crippen molar-refractivity contribution in [2.75, 3.05) is 19.6 Å². The number of likely N-dealkylation sites (tertiary alicyclic amines) is 2. The molecule has 1 aromatic heterocycles. The van der Waals surface area contributed by atoms with Crippen molar-refractivity contribution < 1.29 is 22.9 Å². The molecule has 2 N–H and O–H groups in total. The molecule has 2 fully saturated rings. The fraction of sp³-hybridized carbons (Fsp3) is 0.474. The summed E-state index contributed by atoms with van der Waals surface area (Å²) in [5.74, 6) is -2.43. The maximum Gasteiger partial charge on any atom is 0.290 e. The number of hydrogen-bond acceptors (Lipinski definition) is 6. The number of hydrogen-bond donors (Lipinski definition) is 1. The van der Waals surface area contributed by atoms with Crippen molar-refractivity contribution >= 4 is 11.8 Å². The molecule has 10 heteroatoms. The highest BCUT2D eigenvalue weighted by Crippen LogP contribution is 2.40. The third kappa shape index (κ3) is 3.84. The van der Waals surface area contributed by atoms with Gasteiger partial charge in [-0.1, -0.05) is 11.2 Å². The lowest BCUT2D eigenvalue weighted by molar-refractivity contribution is -0.146. The van der Waals surface area contributed by atoms with E-state index in [-0.39, 0.29) is 24.2 Å². The number of carbonyl (C=O) groups is 2. The molecule has 0 radical (unpaired) electrons. The van der Waals surface area contributed by atoms with Crippen LogP contribution in [0, 0.1) is 17.0 Å². The standard InChI is InChI=1S/C19H21F2N5O3/c20-13-3-2-12(8-14(13)21)9-26-6-1-4-19(18(26)28)5-7-25(11-19)10-15-23-17(16(22)27)24-29-15/h2-3,8H,1,4-7,9-11H2,(H2,22,27)/t19-/m0/s1. The monoisotopic (exact) mass is 405 g/mol. The van der Waals surface area contributed by atoms with Gasteiger partial charge in [-0.2, -0.15) is 4.98 Å². The van der Waals surface area contributed by atoms with Crippen LogP contribution in [0.15, 0.2) is 22.7 Å². The Balaban J connectivity index is 1.42. The molecule has 0 bridgehead atoms. The number of primary amides is 1. The number of halogens is 2. The first kappa shape index (κ1) is 19.4. The molecule has 8 nitrogen and oxygen atoms in total. The Morgan fingerprint density at radius 3 is 2.76 bits per heavy atom. The predicted octanol–water partition coefficient (Wildman–Crippen LogP) is 1.46. The third-order valence-corrected chi connectivity index (χ3v) is 5.66. The summed E-state index contributed by atoms with van der Waals surface area (Å²) in [5.41, 5.74) is 5.18. The number of rotatable bonds is 5. The molecule has 0 unspecified atom stereocenters. The maximum atomic E-state index is 13.5. The largest absolute Gasteiger partial charge is 0.363 e. The summed E-state index contributed by atoms with van der Waals surface area (Å²) in [4.78, 5) is 32.0. The van der Waals surface area contributed by atoms with E-state index in [2.05, 4.69) is 10.1 Å². The predicted molar refractivity (Wildman–Crippen MR) is 96.2 cm³/mol. The fourth-order valence-electron chi connectivity index (χ4n) is 4.24. The molecule has 3 heterocycles. The number of aromatic nitrogens is 2. The molecule has 2 aromatic rings. The molecule has 2 saturated heterocycles. The second kappa shape index (κ2) is 7.51. The Labute approximate surface area is 165 Å².